The van der Waals surface area contributed by atoms with Crippen LogP contribution >= 0.6 is 0 Å². The Labute approximate surface area is 104 Å². The van der Waals surface area contributed by atoms with E-state index in [1.807, 2.05) is 0 Å². The molecular weight excluding hydrogens is 236 g/mol. The summed E-state index contributed by atoms with van der Waals surface area (Å²) in [5, 5.41) is 13.6. The minimum atomic E-state index is 0.0674. The molecule has 0 unspecified atom stereocenters. The third-order valence-corrected chi connectivity index (χ3v) is 2.43. The van der Waals surface area contributed by atoms with Crippen molar-refractivity contribution in [2.75, 3.05) is 20.8 Å². The number of phenolic OH excluding ortho intramolecular Hbond substituents is 1. The molecule has 0 radical (unpaired) electrons. The molecule has 1 aromatic carbocycles. The lowest BCUT2D eigenvalue weighted by Gasteiger charge is -2.02. The third-order valence-electron chi connectivity index (χ3n) is 2.43. The lowest BCUT2D eigenvalue weighted by atomic mass is 10.2. The predicted octanol–water partition coefficient (Wildman–Crippen LogP) is 1.64. The van der Waals surface area contributed by atoms with Gasteiger partial charge in [-0.15, -0.1) is 0 Å². The maximum Gasteiger partial charge on any atom is 0.261 e. The van der Waals surface area contributed by atoms with Gasteiger partial charge in [-0.1, -0.05) is 5.16 Å². The zero-order chi connectivity index (χ0) is 13.0. The second kappa shape index (κ2) is 5.50. The van der Waals surface area contributed by atoms with Gasteiger partial charge in [-0.2, -0.15) is 4.98 Å². The minimum Gasteiger partial charge on any atom is -0.507 e. The second-order valence-electron chi connectivity index (χ2n) is 3.64. The van der Waals surface area contributed by atoms with Gasteiger partial charge in [0.25, 0.3) is 5.89 Å². The monoisotopic (exact) mass is 250 g/mol. The first-order valence-electron chi connectivity index (χ1n) is 5.43. The molecule has 96 valence electrons. The lowest BCUT2D eigenvalue weighted by Crippen LogP contribution is -1.96. The molecule has 0 atom stereocenters. The molecule has 0 bridgehead atoms. The topological polar surface area (TPSA) is 77.6 Å². The number of hydrogen-bond donors (Lipinski definition) is 1. The summed E-state index contributed by atoms with van der Waals surface area (Å²) in [5.74, 6) is 1.48. The molecule has 6 nitrogen and oxygen atoms in total. The Hall–Kier alpha value is -2.08. The maximum absolute atomic E-state index is 9.76. The van der Waals surface area contributed by atoms with Crippen molar-refractivity contribution in [2.24, 2.45) is 0 Å². The minimum absolute atomic E-state index is 0.0674. The second-order valence-corrected chi connectivity index (χ2v) is 3.64. The Morgan fingerprint density at radius 2 is 2.17 bits per heavy atom. The van der Waals surface area contributed by atoms with Crippen molar-refractivity contribution in [3.8, 4) is 23.0 Å². The average molecular weight is 250 g/mol. The number of aromatic nitrogens is 2. The summed E-state index contributed by atoms with van der Waals surface area (Å²) in [6, 6.07) is 4.82. The van der Waals surface area contributed by atoms with Crippen LogP contribution in [-0.4, -0.2) is 36.1 Å². The van der Waals surface area contributed by atoms with Crippen molar-refractivity contribution >= 4 is 0 Å². The molecule has 0 saturated heterocycles. The first-order chi connectivity index (χ1) is 8.74. The fourth-order valence-corrected chi connectivity index (χ4v) is 1.47. The van der Waals surface area contributed by atoms with Gasteiger partial charge in [0.05, 0.1) is 19.3 Å². The van der Waals surface area contributed by atoms with E-state index in [-0.39, 0.29) is 11.6 Å². The molecule has 0 spiro atoms. The number of methoxy groups -OCH3 is 2. The Bertz CT molecular complexity index is 525. The van der Waals surface area contributed by atoms with Crippen molar-refractivity contribution in [3.63, 3.8) is 0 Å². The third kappa shape index (κ3) is 2.60. The normalized spacial score (nSPS) is 10.6. The van der Waals surface area contributed by atoms with E-state index in [0.29, 0.717) is 30.2 Å². The molecule has 2 aromatic rings. The molecule has 1 heterocycles. The van der Waals surface area contributed by atoms with Crippen LogP contribution in [0.5, 0.6) is 11.5 Å². The Morgan fingerprint density at radius 1 is 1.33 bits per heavy atom. The highest BCUT2D eigenvalue weighted by atomic mass is 16.5. The summed E-state index contributed by atoms with van der Waals surface area (Å²) < 4.78 is 15.1. The van der Waals surface area contributed by atoms with Crippen LogP contribution in [0.1, 0.15) is 5.82 Å². The number of benzene rings is 1. The van der Waals surface area contributed by atoms with E-state index >= 15 is 0 Å². The molecule has 6 heteroatoms. The number of rotatable bonds is 5. The van der Waals surface area contributed by atoms with Gasteiger partial charge in [0.15, 0.2) is 5.82 Å². The lowest BCUT2D eigenvalue weighted by molar-refractivity contribution is 0.199. The molecular formula is C12H14N2O4. The summed E-state index contributed by atoms with van der Waals surface area (Å²) in [5.41, 5.74) is 0.450. The van der Waals surface area contributed by atoms with Crippen LogP contribution in [0.2, 0.25) is 0 Å². The van der Waals surface area contributed by atoms with Crippen LogP contribution in [0.3, 0.4) is 0 Å². The van der Waals surface area contributed by atoms with Gasteiger partial charge in [0.2, 0.25) is 0 Å². The van der Waals surface area contributed by atoms with Gasteiger partial charge in [0.1, 0.15) is 11.5 Å². The van der Waals surface area contributed by atoms with Crippen LogP contribution in [-0.2, 0) is 11.2 Å². The molecule has 0 fully saturated rings. The molecule has 1 N–H and O–H groups in total. The van der Waals surface area contributed by atoms with Crippen LogP contribution < -0.4 is 4.74 Å². The largest absolute Gasteiger partial charge is 0.507 e. The van der Waals surface area contributed by atoms with E-state index in [0.717, 1.165) is 0 Å². The first kappa shape index (κ1) is 12.4. The fraction of sp³-hybridized carbons (Fsp3) is 0.333. The summed E-state index contributed by atoms with van der Waals surface area (Å²) in [6.07, 6.45) is 0.560. The summed E-state index contributed by atoms with van der Waals surface area (Å²) in [6.45, 7) is 0.517. The van der Waals surface area contributed by atoms with Crippen LogP contribution in [0.15, 0.2) is 22.7 Å². The maximum atomic E-state index is 9.76. The molecule has 18 heavy (non-hydrogen) atoms. The number of ether oxygens (including phenoxy) is 2. The van der Waals surface area contributed by atoms with E-state index in [2.05, 4.69) is 10.1 Å². The first-order valence-corrected chi connectivity index (χ1v) is 5.43. The van der Waals surface area contributed by atoms with Crippen molar-refractivity contribution in [1.82, 2.24) is 10.1 Å². The van der Waals surface area contributed by atoms with E-state index in [1.54, 1.807) is 26.4 Å². The standard InChI is InChI=1S/C12H14N2O4/c1-16-6-5-11-13-12(18-14-11)9-7-8(17-2)3-4-10(9)15/h3-4,7,15H,5-6H2,1-2H3. The van der Waals surface area contributed by atoms with Gasteiger partial charge in [-0.3, -0.25) is 0 Å². The smallest absolute Gasteiger partial charge is 0.261 e. The van der Waals surface area contributed by atoms with Crippen LogP contribution in [0.25, 0.3) is 11.5 Å². The van der Waals surface area contributed by atoms with Crippen LogP contribution in [0, 0.1) is 0 Å². The number of hydrogen-bond acceptors (Lipinski definition) is 6. The molecule has 0 aliphatic carbocycles. The molecule has 2 rings (SSSR count). The van der Waals surface area contributed by atoms with Crippen molar-refractivity contribution in [1.29, 1.82) is 0 Å². The quantitative estimate of drug-likeness (QED) is 0.869. The fourth-order valence-electron chi connectivity index (χ4n) is 1.47. The zero-order valence-corrected chi connectivity index (χ0v) is 10.2. The molecule has 0 amide bonds. The summed E-state index contributed by atoms with van der Waals surface area (Å²) in [4.78, 5) is 4.18. The number of phenols is 1. The highest BCUT2D eigenvalue weighted by Crippen LogP contribution is 2.31. The van der Waals surface area contributed by atoms with Gasteiger partial charge in [-0.25, -0.2) is 0 Å². The van der Waals surface area contributed by atoms with Crippen molar-refractivity contribution in [2.45, 2.75) is 6.42 Å². The Kier molecular flexibility index (Phi) is 3.78. The summed E-state index contributed by atoms with van der Waals surface area (Å²) in [7, 11) is 3.16. The SMILES string of the molecule is COCCc1noc(-c2cc(OC)ccc2O)n1. The van der Waals surface area contributed by atoms with Gasteiger partial charge in [0, 0.05) is 13.5 Å². The number of aromatic hydroxyl groups is 1. The average Bonchev–Trinajstić information content (AvgIpc) is 2.85. The van der Waals surface area contributed by atoms with E-state index in [4.69, 9.17) is 14.0 Å². The summed E-state index contributed by atoms with van der Waals surface area (Å²) >= 11 is 0. The zero-order valence-electron chi connectivity index (χ0n) is 10.2. The van der Waals surface area contributed by atoms with Gasteiger partial charge >= 0.3 is 0 Å². The molecule has 0 aliphatic heterocycles. The van der Waals surface area contributed by atoms with Gasteiger partial charge < -0.3 is 19.1 Å². The predicted molar refractivity (Wildman–Crippen MR) is 63.5 cm³/mol. The van der Waals surface area contributed by atoms with Crippen molar-refractivity contribution in [3.05, 3.63) is 24.0 Å². The van der Waals surface area contributed by atoms with E-state index in [9.17, 15) is 5.11 Å². The molecule has 1 aromatic heterocycles. The number of nitrogens with zero attached hydrogens (tertiary/aromatic N) is 2. The Morgan fingerprint density at radius 3 is 2.89 bits per heavy atom. The molecule has 0 saturated carbocycles. The van der Waals surface area contributed by atoms with Gasteiger partial charge in [-0.05, 0) is 18.2 Å². The van der Waals surface area contributed by atoms with E-state index < -0.39 is 0 Å². The highest BCUT2D eigenvalue weighted by molar-refractivity contribution is 5.64. The van der Waals surface area contributed by atoms with Crippen molar-refractivity contribution < 1.29 is 19.1 Å². The van der Waals surface area contributed by atoms with Crippen LogP contribution in [0.4, 0.5) is 0 Å². The highest BCUT2D eigenvalue weighted by Gasteiger charge is 2.13. The van der Waals surface area contributed by atoms with E-state index in [1.165, 1.54) is 6.07 Å². The Balaban J connectivity index is 2.27. The molecule has 0 aliphatic rings.